The van der Waals surface area contributed by atoms with Crippen molar-refractivity contribution in [2.45, 2.75) is 45.4 Å². The third-order valence-electron chi connectivity index (χ3n) is 3.64. The van der Waals surface area contributed by atoms with Gasteiger partial charge < -0.3 is 0 Å². The number of benzene rings is 1. The Bertz CT molecular complexity index is 391. The molecule has 0 radical (unpaired) electrons. The Morgan fingerprint density at radius 1 is 1.18 bits per heavy atom. The van der Waals surface area contributed by atoms with E-state index in [0.717, 1.165) is 18.3 Å². The Morgan fingerprint density at radius 2 is 1.94 bits per heavy atom. The zero-order valence-electron chi connectivity index (χ0n) is 10.9. The summed E-state index contributed by atoms with van der Waals surface area (Å²) < 4.78 is 0. The molecule has 0 spiro atoms. The summed E-state index contributed by atoms with van der Waals surface area (Å²) in [6, 6.07) is 11.0. The van der Waals surface area contributed by atoms with Crippen molar-refractivity contribution in [1.29, 1.82) is 0 Å². The summed E-state index contributed by atoms with van der Waals surface area (Å²) in [5, 5.41) is 0. The highest BCUT2D eigenvalue weighted by molar-refractivity contribution is 5.22. The van der Waals surface area contributed by atoms with Gasteiger partial charge in [-0.15, -0.1) is 11.8 Å². The smallest absolute Gasteiger partial charge is 0.0146 e. The van der Waals surface area contributed by atoms with E-state index in [1.807, 2.05) is 0 Å². The minimum atomic E-state index is 0.506. The van der Waals surface area contributed by atoms with Crippen LogP contribution in [0.15, 0.2) is 30.3 Å². The highest BCUT2D eigenvalue weighted by Gasteiger charge is 2.27. The second kappa shape index (κ2) is 5.92. The SMILES string of the molecule is CC(C)C#CCC1CCCC1c1ccccc1. The molecule has 2 rings (SSSR count). The molecule has 0 heteroatoms. The molecule has 0 aliphatic heterocycles. The maximum Gasteiger partial charge on any atom is 0.0146 e. The van der Waals surface area contributed by atoms with Crippen LogP contribution in [-0.4, -0.2) is 0 Å². The van der Waals surface area contributed by atoms with Gasteiger partial charge in [0.05, 0.1) is 0 Å². The molecule has 0 heterocycles. The summed E-state index contributed by atoms with van der Waals surface area (Å²) in [6.45, 7) is 4.33. The van der Waals surface area contributed by atoms with Gasteiger partial charge in [-0.25, -0.2) is 0 Å². The summed E-state index contributed by atoms with van der Waals surface area (Å²) in [5.41, 5.74) is 1.52. The van der Waals surface area contributed by atoms with Gasteiger partial charge in [0.1, 0.15) is 0 Å². The van der Waals surface area contributed by atoms with E-state index < -0.39 is 0 Å². The van der Waals surface area contributed by atoms with Gasteiger partial charge in [-0.05, 0) is 30.2 Å². The molecule has 0 nitrogen and oxygen atoms in total. The summed E-state index contributed by atoms with van der Waals surface area (Å²) in [4.78, 5) is 0. The van der Waals surface area contributed by atoms with Crippen molar-refractivity contribution in [3.05, 3.63) is 35.9 Å². The number of rotatable bonds is 2. The van der Waals surface area contributed by atoms with Crippen molar-refractivity contribution in [1.82, 2.24) is 0 Å². The lowest BCUT2D eigenvalue weighted by Crippen LogP contribution is -2.05. The Balaban J connectivity index is 2.01. The van der Waals surface area contributed by atoms with Crippen molar-refractivity contribution in [2.24, 2.45) is 11.8 Å². The molecular formula is C17H22. The van der Waals surface area contributed by atoms with Gasteiger partial charge in [-0.2, -0.15) is 0 Å². The first-order valence-electron chi connectivity index (χ1n) is 6.80. The zero-order chi connectivity index (χ0) is 12.1. The van der Waals surface area contributed by atoms with Crippen LogP contribution < -0.4 is 0 Å². The molecule has 1 fully saturated rings. The molecule has 1 saturated carbocycles. The third kappa shape index (κ3) is 3.37. The maximum atomic E-state index is 3.38. The fourth-order valence-corrected chi connectivity index (χ4v) is 2.81. The van der Waals surface area contributed by atoms with E-state index in [1.165, 1.54) is 24.8 Å². The Morgan fingerprint density at radius 3 is 2.65 bits per heavy atom. The van der Waals surface area contributed by atoms with Crippen LogP contribution in [0.5, 0.6) is 0 Å². The molecule has 1 aromatic rings. The lowest BCUT2D eigenvalue weighted by atomic mass is 9.87. The van der Waals surface area contributed by atoms with Gasteiger partial charge in [-0.1, -0.05) is 50.6 Å². The number of hydrogen-bond donors (Lipinski definition) is 0. The molecule has 2 unspecified atom stereocenters. The van der Waals surface area contributed by atoms with E-state index in [0.29, 0.717) is 5.92 Å². The van der Waals surface area contributed by atoms with E-state index in [1.54, 1.807) is 0 Å². The fraction of sp³-hybridized carbons (Fsp3) is 0.529. The standard InChI is InChI=1S/C17H22/c1-14(2)8-6-11-16-12-7-13-17(16)15-9-4-3-5-10-15/h3-5,9-10,14,16-17H,7,11-13H2,1-2H3. The molecule has 0 saturated heterocycles. The van der Waals surface area contributed by atoms with E-state index >= 15 is 0 Å². The first-order chi connectivity index (χ1) is 8.27. The van der Waals surface area contributed by atoms with Gasteiger partial charge in [0.25, 0.3) is 0 Å². The van der Waals surface area contributed by atoms with Crippen LogP contribution in [0.1, 0.15) is 51.0 Å². The zero-order valence-corrected chi connectivity index (χ0v) is 10.9. The van der Waals surface area contributed by atoms with E-state index in [-0.39, 0.29) is 0 Å². The molecule has 17 heavy (non-hydrogen) atoms. The first-order valence-corrected chi connectivity index (χ1v) is 6.80. The van der Waals surface area contributed by atoms with Crippen LogP contribution in [0.25, 0.3) is 0 Å². The van der Waals surface area contributed by atoms with Gasteiger partial charge in [0, 0.05) is 12.3 Å². The second-order valence-electron chi connectivity index (χ2n) is 5.39. The van der Waals surface area contributed by atoms with Gasteiger partial charge in [0.15, 0.2) is 0 Å². The van der Waals surface area contributed by atoms with Crippen molar-refractivity contribution in [3.8, 4) is 11.8 Å². The molecule has 0 aromatic heterocycles. The van der Waals surface area contributed by atoms with Gasteiger partial charge in [-0.3, -0.25) is 0 Å². The Hall–Kier alpha value is -1.22. The van der Waals surface area contributed by atoms with Crippen molar-refractivity contribution in [2.75, 3.05) is 0 Å². The predicted octanol–water partition coefficient (Wildman–Crippen LogP) is 4.62. The Kier molecular flexibility index (Phi) is 4.26. The largest absolute Gasteiger partial charge is 0.103 e. The van der Waals surface area contributed by atoms with Crippen molar-refractivity contribution < 1.29 is 0 Å². The summed E-state index contributed by atoms with van der Waals surface area (Å²) in [7, 11) is 0. The summed E-state index contributed by atoms with van der Waals surface area (Å²) in [5.74, 6) is 8.71. The molecule has 0 N–H and O–H groups in total. The third-order valence-corrected chi connectivity index (χ3v) is 3.64. The minimum absolute atomic E-state index is 0.506. The van der Waals surface area contributed by atoms with Crippen LogP contribution in [0, 0.1) is 23.7 Å². The highest BCUT2D eigenvalue weighted by atomic mass is 14.3. The fourth-order valence-electron chi connectivity index (χ4n) is 2.81. The monoisotopic (exact) mass is 226 g/mol. The predicted molar refractivity (Wildman–Crippen MR) is 73.8 cm³/mol. The van der Waals surface area contributed by atoms with Crippen LogP contribution in [0.2, 0.25) is 0 Å². The molecule has 1 aliphatic carbocycles. The van der Waals surface area contributed by atoms with Crippen molar-refractivity contribution >= 4 is 0 Å². The summed E-state index contributed by atoms with van der Waals surface area (Å²) >= 11 is 0. The van der Waals surface area contributed by atoms with Crippen LogP contribution in [0.4, 0.5) is 0 Å². The number of hydrogen-bond acceptors (Lipinski definition) is 0. The van der Waals surface area contributed by atoms with Crippen LogP contribution in [-0.2, 0) is 0 Å². The molecule has 0 amide bonds. The molecule has 90 valence electrons. The van der Waals surface area contributed by atoms with Gasteiger partial charge in [0.2, 0.25) is 0 Å². The van der Waals surface area contributed by atoms with Gasteiger partial charge >= 0.3 is 0 Å². The average Bonchev–Trinajstić information content (AvgIpc) is 2.78. The lowest BCUT2D eigenvalue weighted by molar-refractivity contribution is 0.497. The minimum Gasteiger partial charge on any atom is -0.103 e. The molecular weight excluding hydrogens is 204 g/mol. The molecule has 1 aromatic carbocycles. The molecule has 2 atom stereocenters. The Labute approximate surface area is 105 Å². The topological polar surface area (TPSA) is 0 Å². The lowest BCUT2D eigenvalue weighted by Gasteiger charge is -2.17. The quantitative estimate of drug-likeness (QED) is 0.645. The average molecular weight is 226 g/mol. The van der Waals surface area contributed by atoms with E-state index in [4.69, 9.17) is 0 Å². The van der Waals surface area contributed by atoms with Crippen molar-refractivity contribution in [3.63, 3.8) is 0 Å². The molecule has 0 bridgehead atoms. The van der Waals surface area contributed by atoms with Crippen LogP contribution in [0.3, 0.4) is 0 Å². The normalized spacial score (nSPS) is 23.5. The second-order valence-corrected chi connectivity index (χ2v) is 5.39. The van der Waals surface area contributed by atoms with Crippen LogP contribution >= 0.6 is 0 Å². The first kappa shape index (κ1) is 12.2. The summed E-state index contributed by atoms with van der Waals surface area (Å²) in [6.07, 6.45) is 5.15. The highest BCUT2D eigenvalue weighted by Crippen LogP contribution is 2.41. The van der Waals surface area contributed by atoms with E-state index in [9.17, 15) is 0 Å². The molecule has 1 aliphatic rings. The van der Waals surface area contributed by atoms with E-state index in [2.05, 4.69) is 56.0 Å². The maximum absolute atomic E-state index is 3.38.